The zero-order chi connectivity index (χ0) is 15.0. The van der Waals surface area contributed by atoms with Gasteiger partial charge in [0, 0.05) is 12.6 Å². The first-order chi connectivity index (χ1) is 10.00. The van der Waals surface area contributed by atoms with Crippen LogP contribution in [0.25, 0.3) is 0 Å². The largest absolute Gasteiger partial charge is 0.324 e. The van der Waals surface area contributed by atoms with E-state index in [2.05, 4.69) is 0 Å². The Labute approximate surface area is 125 Å². The molecular weight excluding hydrogens is 284 g/mol. The maximum Gasteiger partial charge on any atom is 0.264 e. The Hall–Kier alpha value is -1.85. The molecule has 3 rings (SSSR count). The second-order valence-electron chi connectivity index (χ2n) is 5.34. The molecule has 5 heteroatoms. The van der Waals surface area contributed by atoms with E-state index in [9.17, 15) is 8.42 Å². The normalized spacial score (nSPS) is 18.4. The first-order valence-electron chi connectivity index (χ1n) is 6.94. The van der Waals surface area contributed by atoms with Gasteiger partial charge in [-0.05, 0) is 37.1 Å². The molecule has 1 unspecified atom stereocenters. The Balaban J connectivity index is 2.08. The van der Waals surface area contributed by atoms with Crippen LogP contribution < -0.4 is 10.0 Å². The Bertz CT molecular complexity index is 754. The van der Waals surface area contributed by atoms with Crippen LogP contribution in [-0.2, 0) is 10.0 Å². The van der Waals surface area contributed by atoms with Crippen LogP contribution in [0.4, 0.5) is 5.69 Å². The highest BCUT2D eigenvalue weighted by molar-refractivity contribution is 7.92. The van der Waals surface area contributed by atoms with E-state index in [1.54, 1.807) is 12.1 Å². The molecule has 0 bridgehead atoms. The van der Waals surface area contributed by atoms with Gasteiger partial charge in [-0.3, -0.25) is 4.31 Å². The van der Waals surface area contributed by atoms with Crippen LogP contribution in [0, 0.1) is 6.92 Å². The molecule has 0 aliphatic carbocycles. The molecule has 1 aliphatic rings. The van der Waals surface area contributed by atoms with Crippen LogP contribution in [0.5, 0.6) is 0 Å². The number of para-hydroxylation sites is 1. The molecule has 0 aromatic heterocycles. The number of hydrogen-bond acceptors (Lipinski definition) is 3. The molecule has 0 fully saturated rings. The summed E-state index contributed by atoms with van der Waals surface area (Å²) in [5, 5.41) is 0. The molecule has 0 spiro atoms. The fraction of sp³-hybridized carbons (Fsp3) is 0.250. The number of sulfonamides is 1. The van der Waals surface area contributed by atoms with Crippen LogP contribution in [0.2, 0.25) is 0 Å². The van der Waals surface area contributed by atoms with Crippen molar-refractivity contribution in [3.05, 3.63) is 59.7 Å². The van der Waals surface area contributed by atoms with Crippen molar-refractivity contribution in [1.82, 2.24) is 0 Å². The van der Waals surface area contributed by atoms with Gasteiger partial charge in [0.15, 0.2) is 0 Å². The van der Waals surface area contributed by atoms with E-state index in [-0.39, 0.29) is 6.04 Å². The standard InChI is InChI=1S/C16H18N2O2S/c1-12-6-8-13(9-7-12)21(19,20)18-11-10-15(17)14-4-2-3-5-16(14)18/h2-9,15H,10-11,17H2,1H3. The second kappa shape index (κ2) is 5.16. The fourth-order valence-electron chi connectivity index (χ4n) is 2.65. The lowest BCUT2D eigenvalue weighted by Gasteiger charge is -2.33. The second-order valence-corrected chi connectivity index (χ2v) is 7.21. The highest BCUT2D eigenvalue weighted by atomic mass is 32.2. The van der Waals surface area contributed by atoms with Gasteiger partial charge in [-0.25, -0.2) is 8.42 Å². The predicted octanol–water partition coefficient (Wildman–Crippen LogP) is 2.59. The Morgan fingerprint density at radius 1 is 1.10 bits per heavy atom. The van der Waals surface area contributed by atoms with Crippen LogP contribution >= 0.6 is 0 Å². The Morgan fingerprint density at radius 2 is 1.76 bits per heavy atom. The number of anilines is 1. The molecule has 0 amide bonds. The average Bonchev–Trinajstić information content (AvgIpc) is 2.48. The van der Waals surface area contributed by atoms with E-state index >= 15 is 0 Å². The number of fused-ring (bicyclic) bond motifs is 1. The quantitative estimate of drug-likeness (QED) is 0.927. The van der Waals surface area contributed by atoms with E-state index in [0.717, 1.165) is 11.1 Å². The summed E-state index contributed by atoms with van der Waals surface area (Å²) in [4.78, 5) is 0.318. The number of rotatable bonds is 2. The number of aryl methyl sites for hydroxylation is 1. The van der Waals surface area contributed by atoms with Crippen LogP contribution in [0.1, 0.15) is 23.6 Å². The minimum Gasteiger partial charge on any atom is -0.324 e. The summed E-state index contributed by atoms with van der Waals surface area (Å²) in [5.41, 5.74) is 8.71. The third kappa shape index (κ3) is 2.43. The molecule has 2 aromatic carbocycles. The molecule has 2 N–H and O–H groups in total. The zero-order valence-electron chi connectivity index (χ0n) is 11.9. The van der Waals surface area contributed by atoms with Gasteiger partial charge in [-0.2, -0.15) is 0 Å². The van der Waals surface area contributed by atoms with Crippen LogP contribution in [0.3, 0.4) is 0 Å². The smallest absolute Gasteiger partial charge is 0.264 e. The van der Waals surface area contributed by atoms with E-state index < -0.39 is 10.0 Å². The average molecular weight is 302 g/mol. The third-order valence-electron chi connectivity index (χ3n) is 3.86. The Kier molecular flexibility index (Phi) is 3.47. The maximum atomic E-state index is 12.9. The molecule has 21 heavy (non-hydrogen) atoms. The summed E-state index contributed by atoms with van der Waals surface area (Å²) in [6.45, 7) is 2.35. The van der Waals surface area contributed by atoms with Crippen LogP contribution in [0.15, 0.2) is 53.4 Å². The molecule has 0 saturated heterocycles. The maximum absolute atomic E-state index is 12.9. The first-order valence-corrected chi connectivity index (χ1v) is 8.38. The van der Waals surface area contributed by atoms with Gasteiger partial charge in [0.1, 0.15) is 0 Å². The van der Waals surface area contributed by atoms with Crippen molar-refractivity contribution >= 4 is 15.7 Å². The SMILES string of the molecule is Cc1ccc(S(=O)(=O)N2CCC(N)c3ccccc32)cc1. The van der Waals surface area contributed by atoms with Gasteiger partial charge in [0.05, 0.1) is 10.6 Å². The lowest BCUT2D eigenvalue weighted by atomic mass is 9.99. The van der Waals surface area contributed by atoms with E-state index in [1.807, 2.05) is 43.3 Å². The number of nitrogens with two attached hydrogens (primary N) is 1. The summed E-state index contributed by atoms with van der Waals surface area (Å²) in [6, 6.07) is 14.3. The third-order valence-corrected chi connectivity index (χ3v) is 5.68. The Morgan fingerprint density at radius 3 is 2.48 bits per heavy atom. The lowest BCUT2D eigenvalue weighted by molar-refractivity contribution is 0.574. The molecule has 110 valence electrons. The van der Waals surface area contributed by atoms with Gasteiger partial charge in [0.25, 0.3) is 10.0 Å². The van der Waals surface area contributed by atoms with Crippen LogP contribution in [-0.4, -0.2) is 15.0 Å². The first kappa shape index (κ1) is 14.1. The molecule has 0 radical (unpaired) electrons. The number of benzene rings is 2. The summed E-state index contributed by atoms with van der Waals surface area (Å²) in [5.74, 6) is 0. The minimum atomic E-state index is -3.54. The summed E-state index contributed by atoms with van der Waals surface area (Å²) in [7, 11) is -3.54. The fourth-order valence-corrected chi connectivity index (χ4v) is 4.15. The van der Waals surface area contributed by atoms with Crippen molar-refractivity contribution < 1.29 is 8.42 Å². The summed E-state index contributed by atoms with van der Waals surface area (Å²) in [6.07, 6.45) is 0.627. The summed E-state index contributed by atoms with van der Waals surface area (Å²) < 4.78 is 27.2. The molecule has 4 nitrogen and oxygen atoms in total. The van der Waals surface area contributed by atoms with E-state index in [1.165, 1.54) is 4.31 Å². The summed E-state index contributed by atoms with van der Waals surface area (Å²) >= 11 is 0. The number of nitrogens with zero attached hydrogens (tertiary/aromatic N) is 1. The topological polar surface area (TPSA) is 63.4 Å². The van der Waals surface area contributed by atoms with Crippen molar-refractivity contribution in [2.75, 3.05) is 10.8 Å². The van der Waals surface area contributed by atoms with Gasteiger partial charge in [-0.1, -0.05) is 35.9 Å². The van der Waals surface area contributed by atoms with Crippen molar-refractivity contribution in [3.8, 4) is 0 Å². The van der Waals surface area contributed by atoms with E-state index in [4.69, 9.17) is 5.73 Å². The van der Waals surface area contributed by atoms with Crippen molar-refractivity contribution in [2.24, 2.45) is 5.73 Å². The van der Waals surface area contributed by atoms with Gasteiger partial charge in [-0.15, -0.1) is 0 Å². The molecule has 1 aliphatic heterocycles. The van der Waals surface area contributed by atoms with Gasteiger partial charge < -0.3 is 5.73 Å². The minimum absolute atomic E-state index is 0.106. The highest BCUT2D eigenvalue weighted by Crippen LogP contribution is 2.35. The molecule has 1 atom stereocenters. The highest BCUT2D eigenvalue weighted by Gasteiger charge is 2.31. The number of hydrogen-bond donors (Lipinski definition) is 1. The monoisotopic (exact) mass is 302 g/mol. The van der Waals surface area contributed by atoms with Gasteiger partial charge in [0.2, 0.25) is 0 Å². The molecular formula is C16H18N2O2S. The van der Waals surface area contributed by atoms with E-state index in [0.29, 0.717) is 23.5 Å². The lowest BCUT2D eigenvalue weighted by Crippen LogP contribution is -2.38. The van der Waals surface area contributed by atoms with Crippen molar-refractivity contribution in [3.63, 3.8) is 0 Å². The molecule has 1 heterocycles. The zero-order valence-corrected chi connectivity index (χ0v) is 12.7. The van der Waals surface area contributed by atoms with Gasteiger partial charge >= 0.3 is 0 Å². The molecule has 0 saturated carbocycles. The van der Waals surface area contributed by atoms with Crippen molar-refractivity contribution in [1.29, 1.82) is 0 Å². The molecule has 2 aromatic rings. The predicted molar refractivity (Wildman–Crippen MR) is 83.7 cm³/mol. The van der Waals surface area contributed by atoms with Crippen molar-refractivity contribution in [2.45, 2.75) is 24.3 Å².